The molecule has 0 aliphatic carbocycles. The predicted molar refractivity (Wildman–Crippen MR) is 82.0 cm³/mol. The van der Waals surface area contributed by atoms with E-state index >= 15 is 0 Å². The zero-order chi connectivity index (χ0) is 13.2. The van der Waals surface area contributed by atoms with Crippen molar-refractivity contribution in [1.29, 1.82) is 0 Å². The van der Waals surface area contributed by atoms with Crippen LogP contribution in [0.2, 0.25) is 0 Å². The molecule has 0 aromatic carbocycles. The molecule has 0 aromatic heterocycles. The molecule has 0 aromatic rings. The minimum atomic E-state index is 0.919. The molecule has 1 saturated heterocycles. The Morgan fingerprint density at radius 1 is 0.944 bits per heavy atom. The minimum absolute atomic E-state index is 0.919. The SMILES string of the molecule is CCCCCCC(CCCCC)C[C@H]1CCN1C. The number of hydrogen-bond donors (Lipinski definition) is 0. The van der Waals surface area contributed by atoms with Gasteiger partial charge in [-0.05, 0) is 32.4 Å². The van der Waals surface area contributed by atoms with Crippen molar-refractivity contribution in [3.05, 3.63) is 0 Å². The average Bonchev–Trinajstić information content (AvgIpc) is 2.38. The molecule has 1 heterocycles. The third-order valence-electron chi connectivity index (χ3n) is 4.73. The van der Waals surface area contributed by atoms with Crippen molar-refractivity contribution >= 4 is 0 Å². The van der Waals surface area contributed by atoms with E-state index in [1.165, 1.54) is 77.2 Å². The van der Waals surface area contributed by atoms with Crippen LogP contribution in [0.1, 0.15) is 84.5 Å². The monoisotopic (exact) mass is 253 g/mol. The van der Waals surface area contributed by atoms with Gasteiger partial charge in [-0.15, -0.1) is 0 Å². The van der Waals surface area contributed by atoms with Gasteiger partial charge in [0.05, 0.1) is 0 Å². The second-order valence-corrected chi connectivity index (χ2v) is 6.37. The highest BCUT2D eigenvalue weighted by molar-refractivity contribution is 4.82. The van der Waals surface area contributed by atoms with E-state index in [0.29, 0.717) is 0 Å². The average molecular weight is 253 g/mol. The Morgan fingerprint density at radius 3 is 2.06 bits per heavy atom. The molecule has 1 unspecified atom stereocenters. The predicted octanol–water partition coefficient (Wildman–Crippen LogP) is 5.25. The minimum Gasteiger partial charge on any atom is -0.303 e. The summed E-state index contributed by atoms with van der Waals surface area (Å²) in [7, 11) is 2.30. The summed E-state index contributed by atoms with van der Waals surface area (Å²) in [6.07, 6.45) is 15.9. The lowest BCUT2D eigenvalue weighted by atomic mass is 9.85. The topological polar surface area (TPSA) is 3.24 Å². The molecule has 1 nitrogen and oxygen atoms in total. The van der Waals surface area contributed by atoms with Crippen molar-refractivity contribution in [1.82, 2.24) is 4.90 Å². The van der Waals surface area contributed by atoms with Gasteiger partial charge in [-0.3, -0.25) is 0 Å². The summed E-state index contributed by atoms with van der Waals surface area (Å²) in [6, 6.07) is 0.919. The lowest BCUT2D eigenvalue weighted by molar-refractivity contribution is 0.0970. The maximum Gasteiger partial charge on any atom is 0.0107 e. The molecule has 1 aliphatic heterocycles. The molecule has 0 amide bonds. The smallest absolute Gasteiger partial charge is 0.0107 e. The van der Waals surface area contributed by atoms with Crippen LogP contribution < -0.4 is 0 Å². The molecular formula is C17H35N. The number of unbranched alkanes of at least 4 members (excludes halogenated alkanes) is 5. The van der Waals surface area contributed by atoms with Crippen molar-refractivity contribution < 1.29 is 0 Å². The molecule has 18 heavy (non-hydrogen) atoms. The second kappa shape index (κ2) is 9.83. The fraction of sp³-hybridized carbons (Fsp3) is 1.00. The summed E-state index contributed by atoms with van der Waals surface area (Å²) in [6.45, 7) is 5.96. The Kier molecular flexibility index (Phi) is 8.75. The van der Waals surface area contributed by atoms with E-state index in [9.17, 15) is 0 Å². The highest BCUT2D eigenvalue weighted by atomic mass is 15.2. The summed E-state index contributed by atoms with van der Waals surface area (Å²) < 4.78 is 0. The molecule has 0 N–H and O–H groups in total. The van der Waals surface area contributed by atoms with Crippen LogP contribution in [-0.4, -0.2) is 24.5 Å². The summed E-state index contributed by atoms with van der Waals surface area (Å²) in [5.74, 6) is 1.01. The van der Waals surface area contributed by atoms with Crippen LogP contribution in [0, 0.1) is 5.92 Å². The van der Waals surface area contributed by atoms with Crippen LogP contribution in [0.25, 0.3) is 0 Å². The Hall–Kier alpha value is -0.0400. The van der Waals surface area contributed by atoms with E-state index in [1.807, 2.05) is 0 Å². The first-order chi connectivity index (χ1) is 8.77. The number of hydrogen-bond acceptors (Lipinski definition) is 1. The fourth-order valence-electron chi connectivity index (χ4n) is 3.18. The van der Waals surface area contributed by atoms with Crippen molar-refractivity contribution in [2.45, 2.75) is 90.5 Å². The first-order valence-corrected chi connectivity index (χ1v) is 8.48. The van der Waals surface area contributed by atoms with Crippen LogP contribution in [0.3, 0.4) is 0 Å². The highest BCUT2D eigenvalue weighted by Crippen LogP contribution is 2.28. The van der Waals surface area contributed by atoms with Crippen LogP contribution in [0.15, 0.2) is 0 Å². The summed E-state index contributed by atoms with van der Waals surface area (Å²) >= 11 is 0. The van der Waals surface area contributed by atoms with Gasteiger partial charge in [-0.1, -0.05) is 71.6 Å². The third kappa shape index (κ3) is 6.22. The highest BCUT2D eigenvalue weighted by Gasteiger charge is 2.26. The molecule has 1 fully saturated rings. The molecule has 0 bridgehead atoms. The molecule has 1 heteroatoms. The Labute approximate surface area is 115 Å². The lowest BCUT2D eigenvalue weighted by Gasteiger charge is -2.40. The van der Waals surface area contributed by atoms with Crippen LogP contribution >= 0.6 is 0 Å². The quantitative estimate of drug-likeness (QED) is 0.455. The standard InChI is InChI=1S/C17H35N/c1-4-6-8-10-12-16(11-9-7-5-2)15-17-13-14-18(17)3/h16-17H,4-15H2,1-3H3/t16?,17-/m1/s1. The number of rotatable bonds is 11. The van der Waals surface area contributed by atoms with Gasteiger partial charge < -0.3 is 4.90 Å². The molecule has 0 spiro atoms. The molecular weight excluding hydrogens is 218 g/mol. The summed E-state index contributed by atoms with van der Waals surface area (Å²) in [4.78, 5) is 2.55. The van der Waals surface area contributed by atoms with Gasteiger partial charge in [0.15, 0.2) is 0 Å². The lowest BCUT2D eigenvalue weighted by Crippen LogP contribution is -2.45. The van der Waals surface area contributed by atoms with E-state index < -0.39 is 0 Å². The van der Waals surface area contributed by atoms with Crippen molar-refractivity contribution in [3.8, 4) is 0 Å². The third-order valence-corrected chi connectivity index (χ3v) is 4.73. The fourth-order valence-corrected chi connectivity index (χ4v) is 3.18. The van der Waals surface area contributed by atoms with E-state index in [4.69, 9.17) is 0 Å². The first kappa shape index (κ1) is 16.0. The van der Waals surface area contributed by atoms with Gasteiger partial charge in [-0.2, -0.15) is 0 Å². The Morgan fingerprint density at radius 2 is 1.56 bits per heavy atom. The van der Waals surface area contributed by atoms with Crippen LogP contribution in [0.4, 0.5) is 0 Å². The molecule has 2 atom stereocenters. The van der Waals surface area contributed by atoms with Crippen LogP contribution in [-0.2, 0) is 0 Å². The van der Waals surface area contributed by atoms with E-state index in [-0.39, 0.29) is 0 Å². The van der Waals surface area contributed by atoms with Gasteiger partial charge in [0.1, 0.15) is 0 Å². The van der Waals surface area contributed by atoms with Gasteiger partial charge in [-0.25, -0.2) is 0 Å². The normalized spacial score (nSPS) is 21.8. The van der Waals surface area contributed by atoms with Gasteiger partial charge in [0.2, 0.25) is 0 Å². The van der Waals surface area contributed by atoms with Crippen molar-refractivity contribution in [3.63, 3.8) is 0 Å². The molecule has 1 aliphatic rings. The Bertz CT molecular complexity index is 190. The molecule has 0 radical (unpaired) electrons. The molecule has 0 saturated carbocycles. The molecule has 1 rings (SSSR count). The van der Waals surface area contributed by atoms with Gasteiger partial charge in [0, 0.05) is 6.04 Å². The van der Waals surface area contributed by atoms with E-state index in [1.54, 1.807) is 0 Å². The van der Waals surface area contributed by atoms with Gasteiger partial charge >= 0.3 is 0 Å². The number of nitrogens with zero attached hydrogens (tertiary/aromatic N) is 1. The second-order valence-electron chi connectivity index (χ2n) is 6.37. The maximum absolute atomic E-state index is 2.55. The largest absolute Gasteiger partial charge is 0.303 e. The Balaban J connectivity index is 2.17. The van der Waals surface area contributed by atoms with Gasteiger partial charge in [0.25, 0.3) is 0 Å². The summed E-state index contributed by atoms with van der Waals surface area (Å²) in [5, 5.41) is 0. The first-order valence-electron chi connectivity index (χ1n) is 8.48. The zero-order valence-electron chi connectivity index (χ0n) is 13.1. The van der Waals surface area contributed by atoms with Crippen LogP contribution in [0.5, 0.6) is 0 Å². The van der Waals surface area contributed by atoms with E-state index in [2.05, 4.69) is 25.8 Å². The maximum atomic E-state index is 2.55. The molecule has 108 valence electrons. The van der Waals surface area contributed by atoms with Crippen molar-refractivity contribution in [2.75, 3.05) is 13.6 Å². The van der Waals surface area contributed by atoms with E-state index in [0.717, 1.165) is 12.0 Å². The zero-order valence-corrected chi connectivity index (χ0v) is 13.1. The van der Waals surface area contributed by atoms with Crippen molar-refractivity contribution in [2.24, 2.45) is 5.92 Å². The summed E-state index contributed by atoms with van der Waals surface area (Å²) in [5.41, 5.74) is 0. The number of likely N-dealkylation sites (tertiary alicyclic amines) is 1.